The maximum absolute atomic E-state index is 13.5. The van der Waals surface area contributed by atoms with E-state index in [1.54, 1.807) is 49.5 Å². The van der Waals surface area contributed by atoms with Crippen molar-refractivity contribution in [3.63, 3.8) is 0 Å². The first-order valence-electron chi connectivity index (χ1n) is 5.86. The van der Waals surface area contributed by atoms with Gasteiger partial charge in [0.25, 0.3) is 5.91 Å². The number of nitrogens with zero attached hydrogens (tertiary/aromatic N) is 1. The molecule has 0 saturated heterocycles. The van der Waals surface area contributed by atoms with Crippen LogP contribution in [0.3, 0.4) is 0 Å². The number of rotatable bonds is 3. The minimum atomic E-state index is -0.301. The Morgan fingerprint density at radius 1 is 1.21 bits per heavy atom. The van der Waals surface area contributed by atoms with Crippen molar-refractivity contribution in [2.24, 2.45) is 0 Å². The first-order valence-corrected chi connectivity index (χ1v) is 6.30. The third kappa shape index (κ3) is 3.35. The molecule has 4 heteroatoms. The number of carbonyl (C=O) groups excluding carboxylic acids is 1. The molecule has 2 nitrogen and oxygen atoms in total. The van der Waals surface area contributed by atoms with Gasteiger partial charge in [0.05, 0.1) is 0 Å². The van der Waals surface area contributed by atoms with Crippen LogP contribution in [-0.2, 0) is 6.54 Å². The Kier molecular flexibility index (Phi) is 4.22. The zero-order chi connectivity index (χ0) is 13.8. The molecule has 1 amide bonds. The summed E-state index contributed by atoms with van der Waals surface area (Å²) >= 11 is 4.20. The van der Waals surface area contributed by atoms with Crippen LogP contribution in [0.5, 0.6) is 0 Å². The van der Waals surface area contributed by atoms with E-state index in [4.69, 9.17) is 0 Å². The molecule has 2 aromatic rings. The molecule has 2 rings (SSSR count). The summed E-state index contributed by atoms with van der Waals surface area (Å²) in [5.41, 5.74) is 1.05. The van der Waals surface area contributed by atoms with Gasteiger partial charge in [-0.05, 0) is 24.3 Å². The Hall–Kier alpha value is -1.81. The highest BCUT2D eigenvalue weighted by Gasteiger charge is 2.13. The lowest BCUT2D eigenvalue weighted by Crippen LogP contribution is -2.26. The highest BCUT2D eigenvalue weighted by molar-refractivity contribution is 7.80. The van der Waals surface area contributed by atoms with Gasteiger partial charge in [-0.1, -0.05) is 24.3 Å². The number of benzene rings is 2. The molecule has 0 aliphatic heterocycles. The van der Waals surface area contributed by atoms with Gasteiger partial charge in [0.15, 0.2) is 0 Å². The number of amides is 1. The van der Waals surface area contributed by atoms with Crippen molar-refractivity contribution in [1.29, 1.82) is 0 Å². The second-order valence-electron chi connectivity index (χ2n) is 4.30. The largest absolute Gasteiger partial charge is 0.337 e. The van der Waals surface area contributed by atoms with Crippen LogP contribution in [0.15, 0.2) is 53.4 Å². The van der Waals surface area contributed by atoms with E-state index in [2.05, 4.69) is 12.6 Å². The van der Waals surface area contributed by atoms with Crippen LogP contribution in [0.1, 0.15) is 15.9 Å². The molecule has 0 radical (unpaired) electrons. The van der Waals surface area contributed by atoms with Crippen molar-refractivity contribution in [2.75, 3.05) is 7.05 Å². The lowest BCUT2D eigenvalue weighted by molar-refractivity contribution is 0.0783. The lowest BCUT2D eigenvalue weighted by Gasteiger charge is -2.17. The smallest absolute Gasteiger partial charge is 0.253 e. The van der Waals surface area contributed by atoms with Gasteiger partial charge in [0, 0.05) is 29.6 Å². The van der Waals surface area contributed by atoms with Gasteiger partial charge in [-0.15, -0.1) is 12.6 Å². The molecular weight excluding hydrogens is 261 g/mol. The standard InChI is InChI=1S/C15H14FNOS/c1-17(10-12-5-2-3-8-14(12)16)15(18)11-6-4-7-13(19)9-11/h2-9,19H,10H2,1H3. The van der Waals surface area contributed by atoms with Crippen LogP contribution in [0.4, 0.5) is 4.39 Å². The number of carbonyl (C=O) groups is 1. The van der Waals surface area contributed by atoms with Gasteiger partial charge < -0.3 is 4.90 Å². The van der Waals surface area contributed by atoms with Crippen LogP contribution >= 0.6 is 12.6 Å². The van der Waals surface area contributed by atoms with Gasteiger partial charge in [0.2, 0.25) is 0 Å². The van der Waals surface area contributed by atoms with Gasteiger partial charge >= 0.3 is 0 Å². The summed E-state index contributed by atoms with van der Waals surface area (Å²) in [4.78, 5) is 14.4. The van der Waals surface area contributed by atoms with E-state index in [9.17, 15) is 9.18 Å². The Labute approximate surface area is 117 Å². The van der Waals surface area contributed by atoms with Crippen molar-refractivity contribution in [3.8, 4) is 0 Å². The molecule has 19 heavy (non-hydrogen) atoms. The van der Waals surface area contributed by atoms with Crippen molar-refractivity contribution in [1.82, 2.24) is 4.90 Å². The van der Waals surface area contributed by atoms with Crippen molar-refractivity contribution >= 4 is 18.5 Å². The SMILES string of the molecule is CN(Cc1ccccc1F)C(=O)c1cccc(S)c1. The van der Waals surface area contributed by atoms with E-state index in [1.165, 1.54) is 11.0 Å². The van der Waals surface area contributed by atoms with Gasteiger partial charge in [-0.25, -0.2) is 4.39 Å². The number of hydrogen-bond donors (Lipinski definition) is 1. The first kappa shape index (κ1) is 13.6. The Bertz CT molecular complexity index is 600. The first-order chi connectivity index (χ1) is 9.08. The number of halogens is 1. The van der Waals surface area contributed by atoms with Gasteiger partial charge in [-0.3, -0.25) is 4.79 Å². The second-order valence-corrected chi connectivity index (χ2v) is 4.82. The average molecular weight is 275 g/mol. The normalized spacial score (nSPS) is 10.3. The molecule has 2 aromatic carbocycles. The fourth-order valence-electron chi connectivity index (χ4n) is 1.81. The summed E-state index contributed by atoms with van der Waals surface area (Å²) in [5.74, 6) is -0.454. The van der Waals surface area contributed by atoms with Crippen LogP contribution in [0.25, 0.3) is 0 Å². The molecule has 0 N–H and O–H groups in total. The maximum Gasteiger partial charge on any atom is 0.253 e. The minimum absolute atomic E-state index is 0.154. The van der Waals surface area contributed by atoms with Crippen LogP contribution in [0, 0.1) is 5.82 Å². The predicted octanol–water partition coefficient (Wildman–Crippen LogP) is 3.39. The molecule has 0 bridgehead atoms. The molecule has 0 heterocycles. The third-order valence-corrected chi connectivity index (χ3v) is 3.08. The Morgan fingerprint density at radius 2 is 1.95 bits per heavy atom. The fraction of sp³-hybridized carbons (Fsp3) is 0.133. The zero-order valence-corrected chi connectivity index (χ0v) is 11.4. The monoisotopic (exact) mass is 275 g/mol. The van der Waals surface area contributed by atoms with Crippen LogP contribution < -0.4 is 0 Å². The second kappa shape index (κ2) is 5.89. The van der Waals surface area contributed by atoms with E-state index in [1.807, 2.05) is 0 Å². The van der Waals surface area contributed by atoms with Crippen LogP contribution in [0.2, 0.25) is 0 Å². The van der Waals surface area contributed by atoms with Crippen molar-refractivity contribution in [2.45, 2.75) is 11.4 Å². The number of thiol groups is 1. The van der Waals surface area contributed by atoms with E-state index < -0.39 is 0 Å². The third-order valence-electron chi connectivity index (χ3n) is 2.81. The number of hydrogen-bond acceptors (Lipinski definition) is 2. The highest BCUT2D eigenvalue weighted by atomic mass is 32.1. The Balaban J connectivity index is 2.14. The fourth-order valence-corrected chi connectivity index (χ4v) is 2.04. The van der Waals surface area contributed by atoms with E-state index in [0.717, 1.165) is 4.90 Å². The summed E-state index contributed by atoms with van der Waals surface area (Å²) < 4.78 is 13.5. The minimum Gasteiger partial charge on any atom is -0.337 e. The average Bonchev–Trinajstić information content (AvgIpc) is 2.40. The van der Waals surface area contributed by atoms with E-state index in [0.29, 0.717) is 11.1 Å². The molecule has 0 atom stereocenters. The molecule has 0 saturated carbocycles. The summed E-state index contributed by atoms with van der Waals surface area (Å²) in [6, 6.07) is 13.4. The molecule has 0 spiro atoms. The van der Waals surface area contributed by atoms with Gasteiger partial charge in [0.1, 0.15) is 5.82 Å². The van der Waals surface area contributed by atoms with Gasteiger partial charge in [-0.2, -0.15) is 0 Å². The molecule has 0 aliphatic carbocycles. The highest BCUT2D eigenvalue weighted by Crippen LogP contribution is 2.14. The molecule has 0 unspecified atom stereocenters. The molecular formula is C15H14FNOS. The summed E-state index contributed by atoms with van der Waals surface area (Å²) in [5, 5.41) is 0. The molecule has 98 valence electrons. The Morgan fingerprint density at radius 3 is 2.63 bits per heavy atom. The molecule has 0 aliphatic rings. The molecule has 0 aromatic heterocycles. The summed E-state index contributed by atoms with van der Waals surface area (Å²) in [6.07, 6.45) is 0. The topological polar surface area (TPSA) is 20.3 Å². The molecule has 0 fully saturated rings. The van der Waals surface area contributed by atoms with Crippen molar-refractivity contribution in [3.05, 3.63) is 65.5 Å². The summed E-state index contributed by atoms with van der Waals surface area (Å²) in [6.45, 7) is 0.238. The predicted molar refractivity (Wildman–Crippen MR) is 75.9 cm³/mol. The van der Waals surface area contributed by atoms with Crippen molar-refractivity contribution < 1.29 is 9.18 Å². The summed E-state index contributed by atoms with van der Waals surface area (Å²) in [7, 11) is 1.65. The quantitative estimate of drug-likeness (QED) is 0.851. The van der Waals surface area contributed by atoms with E-state index >= 15 is 0 Å². The van der Waals surface area contributed by atoms with E-state index in [-0.39, 0.29) is 18.3 Å². The van der Waals surface area contributed by atoms with Crippen LogP contribution in [-0.4, -0.2) is 17.9 Å². The maximum atomic E-state index is 13.5. The zero-order valence-electron chi connectivity index (χ0n) is 10.5. The lowest BCUT2D eigenvalue weighted by atomic mass is 10.1.